The number of aliphatic hydroxyl groups is 3. The monoisotopic (exact) mass is 354 g/mol. The molecule has 1 saturated heterocycles. The number of ether oxygens (including phenoxy) is 1. The molecule has 4 rings (SSSR count). The minimum Gasteiger partial charge on any atom is -0.394 e. The van der Waals surface area contributed by atoms with Gasteiger partial charge in [-0.15, -0.1) is 0 Å². The molecule has 2 aromatic carbocycles. The molecule has 2 aromatic rings. The number of hydrogen-bond donors (Lipinski definition) is 3. The average Bonchev–Trinajstić information content (AvgIpc) is 2.61. The van der Waals surface area contributed by atoms with Gasteiger partial charge in [-0.25, -0.2) is 0 Å². The molecule has 138 valence electrons. The third-order valence-electron chi connectivity index (χ3n) is 5.82. The van der Waals surface area contributed by atoms with E-state index in [-0.39, 0.29) is 12.7 Å². The maximum Gasteiger partial charge on any atom is 0.110 e. The van der Waals surface area contributed by atoms with Crippen LogP contribution in [-0.2, 0) is 24.0 Å². The highest BCUT2D eigenvalue weighted by Gasteiger charge is 2.36. The van der Waals surface area contributed by atoms with Crippen molar-refractivity contribution in [3.8, 4) is 0 Å². The molecule has 4 heteroatoms. The van der Waals surface area contributed by atoms with Gasteiger partial charge >= 0.3 is 0 Å². The SMILES string of the molecule is Cc1ccc(C2CC(O)[C@H](O)C(CO)O2)cc1Cc1ccc2c(c1)CC2. The van der Waals surface area contributed by atoms with E-state index >= 15 is 0 Å². The second-order valence-corrected chi connectivity index (χ2v) is 7.61. The summed E-state index contributed by atoms with van der Waals surface area (Å²) in [6.45, 7) is 1.81. The first-order valence-corrected chi connectivity index (χ1v) is 9.37. The molecule has 1 aliphatic heterocycles. The van der Waals surface area contributed by atoms with Crippen molar-refractivity contribution in [1.82, 2.24) is 0 Å². The third-order valence-corrected chi connectivity index (χ3v) is 5.82. The van der Waals surface area contributed by atoms with Crippen LogP contribution in [-0.4, -0.2) is 40.2 Å². The van der Waals surface area contributed by atoms with E-state index in [2.05, 4.69) is 37.3 Å². The zero-order chi connectivity index (χ0) is 18.3. The molecule has 0 radical (unpaired) electrons. The number of fused-ring (bicyclic) bond motifs is 1. The first kappa shape index (κ1) is 17.7. The Labute approximate surface area is 154 Å². The molecule has 4 atom stereocenters. The molecule has 1 aliphatic carbocycles. The van der Waals surface area contributed by atoms with E-state index in [4.69, 9.17) is 4.74 Å². The normalized spacial score (nSPS) is 27.7. The zero-order valence-electron chi connectivity index (χ0n) is 15.1. The van der Waals surface area contributed by atoms with Crippen LogP contribution in [0.15, 0.2) is 36.4 Å². The molecule has 3 unspecified atom stereocenters. The van der Waals surface area contributed by atoms with Crippen molar-refractivity contribution in [2.24, 2.45) is 0 Å². The molecule has 3 N–H and O–H groups in total. The Morgan fingerprint density at radius 1 is 1.04 bits per heavy atom. The molecule has 0 aromatic heterocycles. The van der Waals surface area contributed by atoms with E-state index in [1.807, 2.05) is 6.07 Å². The molecule has 2 aliphatic rings. The lowest BCUT2D eigenvalue weighted by atomic mass is 9.85. The molecule has 1 fully saturated rings. The summed E-state index contributed by atoms with van der Waals surface area (Å²) in [7, 11) is 0. The van der Waals surface area contributed by atoms with Gasteiger partial charge in [0.1, 0.15) is 12.2 Å². The van der Waals surface area contributed by atoms with Crippen LogP contribution in [0.25, 0.3) is 0 Å². The Hall–Kier alpha value is -1.72. The molecule has 0 bridgehead atoms. The van der Waals surface area contributed by atoms with Gasteiger partial charge in [0.2, 0.25) is 0 Å². The topological polar surface area (TPSA) is 69.9 Å². The maximum absolute atomic E-state index is 10.1. The molecule has 26 heavy (non-hydrogen) atoms. The Balaban J connectivity index is 1.56. The van der Waals surface area contributed by atoms with E-state index in [9.17, 15) is 15.3 Å². The largest absolute Gasteiger partial charge is 0.394 e. The van der Waals surface area contributed by atoms with Gasteiger partial charge in [-0.05, 0) is 59.6 Å². The van der Waals surface area contributed by atoms with Crippen LogP contribution in [0, 0.1) is 6.92 Å². The second kappa shape index (κ2) is 7.12. The summed E-state index contributed by atoms with van der Waals surface area (Å²) in [6.07, 6.45) is 0.591. The fraction of sp³-hybridized carbons (Fsp3) is 0.455. The summed E-state index contributed by atoms with van der Waals surface area (Å²) in [6, 6.07) is 13.0. The third kappa shape index (κ3) is 3.30. The van der Waals surface area contributed by atoms with E-state index in [0.29, 0.717) is 6.42 Å². The van der Waals surface area contributed by atoms with Crippen LogP contribution in [0.5, 0.6) is 0 Å². The van der Waals surface area contributed by atoms with Crippen molar-refractivity contribution in [3.05, 3.63) is 69.8 Å². The van der Waals surface area contributed by atoms with Gasteiger partial charge in [0.05, 0.1) is 18.8 Å². The number of hydrogen-bond acceptors (Lipinski definition) is 4. The van der Waals surface area contributed by atoms with Crippen LogP contribution in [0.2, 0.25) is 0 Å². The van der Waals surface area contributed by atoms with Gasteiger partial charge in [0.25, 0.3) is 0 Å². The van der Waals surface area contributed by atoms with Gasteiger partial charge in [0.15, 0.2) is 0 Å². The molecule has 0 spiro atoms. The van der Waals surface area contributed by atoms with Crippen molar-refractivity contribution in [2.75, 3.05) is 6.61 Å². The Morgan fingerprint density at radius 2 is 1.85 bits per heavy atom. The van der Waals surface area contributed by atoms with Gasteiger partial charge in [0, 0.05) is 6.42 Å². The summed E-state index contributed by atoms with van der Waals surface area (Å²) in [4.78, 5) is 0. The number of benzene rings is 2. The summed E-state index contributed by atoms with van der Waals surface area (Å²) in [5, 5.41) is 29.4. The number of aryl methyl sites for hydroxylation is 3. The zero-order valence-corrected chi connectivity index (χ0v) is 15.1. The molecule has 0 amide bonds. The Morgan fingerprint density at radius 3 is 2.54 bits per heavy atom. The van der Waals surface area contributed by atoms with Crippen molar-refractivity contribution in [1.29, 1.82) is 0 Å². The minimum absolute atomic E-state index is 0.303. The molecular weight excluding hydrogens is 328 g/mol. The van der Waals surface area contributed by atoms with Crippen LogP contribution >= 0.6 is 0 Å². The van der Waals surface area contributed by atoms with Gasteiger partial charge < -0.3 is 20.1 Å². The van der Waals surface area contributed by atoms with E-state index in [1.165, 1.54) is 40.7 Å². The van der Waals surface area contributed by atoms with Gasteiger partial charge in [-0.1, -0.05) is 36.4 Å². The number of aliphatic hydroxyl groups excluding tert-OH is 3. The highest BCUT2D eigenvalue weighted by atomic mass is 16.5. The second-order valence-electron chi connectivity index (χ2n) is 7.61. The van der Waals surface area contributed by atoms with Crippen LogP contribution in [0.1, 0.15) is 45.9 Å². The minimum atomic E-state index is -1.04. The smallest absolute Gasteiger partial charge is 0.110 e. The van der Waals surface area contributed by atoms with Crippen LogP contribution < -0.4 is 0 Å². The predicted octanol–water partition coefficient (Wildman–Crippen LogP) is 2.23. The molecule has 4 nitrogen and oxygen atoms in total. The highest BCUT2D eigenvalue weighted by Crippen LogP contribution is 2.33. The van der Waals surface area contributed by atoms with Crippen molar-refractivity contribution in [2.45, 2.75) is 57.0 Å². The standard InChI is InChI=1S/C22H26O4/c1-13-2-4-17(20-11-19(24)22(25)21(12-23)26-20)10-18(13)9-14-3-5-15-6-7-16(15)8-14/h2-5,8,10,19-25H,6-7,9,11-12H2,1H3/t19?,20?,21?,22-/m0/s1. The quantitative estimate of drug-likeness (QED) is 0.787. The fourth-order valence-electron chi connectivity index (χ4n) is 3.98. The summed E-state index contributed by atoms with van der Waals surface area (Å²) in [5.74, 6) is 0. The van der Waals surface area contributed by atoms with Gasteiger partial charge in [-0.3, -0.25) is 0 Å². The first-order valence-electron chi connectivity index (χ1n) is 9.37. The lowest BCUT2D eigenvalue weighted by molar-refractivity contribution is -0.181. The van der Waals surface area contributed by atoms with Crippen LogP contribution in [0.4, 0.5) is 0 Å². The van der Waals surface area contributed by atoms with E-state index < -0.39 is 18.3 Å². The van der Waals surface area contributed by atoms with E-state index in [1.54, 1.807) is 0 Å². The molecular formula is C22H26O4. The summed E-state index contributed by atoms with van der Waals surface area (Å²) in [5.41, 5.74) is 7.71. The lowest BCUT2D eigenvalue weighted by Crippen LogP contribution is -2.47. The maximum atomic E-state index is 10.1. The Bertz CT molecular complexity index is 801. The fourth-order valence-corrected chi connectivity index (χ4v) is 3.98. The predicted molar refractivity (Wildman–Crippen MR) is 99.2 cm³/mol. The van der Waals surface area contributed by atoms with Crippen molar-refractivity contribution < 1.29 is 20.1 Å². The summed E-state index contributed by atoms with van der Waals surface area (Å²) >= 11 is 0. The van der Waals surface area contributed by atoms with Gasteiger partial charge in [-0.2, -0.15) is 0 Å². The molecule has 1 heterocycles. The van der Waals surface area contributed by atoms with E-state index in [0.717, 1.165) is 12.0 Å². The Kier molecular flexibility index (Phi) is 4.84. The average molecular weight is 354 g/mol. The lowest BCUT2D eigenvalue weighted by Gasteiger charge is -2.36. The number of rotatable bonds is 4. The first-order chi connectivity index (χ1) is 12.5. The van der Waals surface area contributed by atoms with Crippen LogP contribution in [0.3, 0.4) is 0 Å². The van der Waals surface area contributed by atoms with Crippen molar-refractivity contribution >= 4 is 0 Å². The van der Waals surface area contributed by atoms with Crippen molar-refractivity contribution in [3.63, 3.8) is 0 Å². The molecule has 0 saturated carbocycles. The summed E-state index contributed by atoms with van der Waals surface area (Å²) < 4.78 is 5.83. The highest BCUT2D eigenvalue weighted by molar-refractivity contribution is 5.42.